The SMILES string of the molecule is Cc1cc([C@H]2CONC(c3c(Sc4cccc(Cc5cc([C@H]6CONC(c7c(Sc8cccc9ccccc89)nnc(C)c7C)=N6)c(C)s5)n4)nnc(C)c3C)=N2)c(C)s1. The molecule has 0 unspecified atom stereocenters. The van der Waals surface area contributed by atoms with Gasteiger partial charge in [-0.15, -0.1) is 32.9 Å². The summed E-state index contributed by atoms with van der Waals surface area (Å²) in [6, 6.07) is 25.0. The van der Waals surface area contributed by atoms with Crippen LogP contribution in [-0.2, 0) is 16.1 Å². The summed E-state index contributed by atoms with van der Waals surface area (Å²) in [7, 11) is 0. The van der Waals surface area contributed by atoms with Crippen molar-refractivity contribution >= 4 is 68.6 Å². The van der Waals surface area contributed by atoms with Gasteiger partial charge in [-0.25, -0.2) is 15.9 Å². The molecule has 0 saturated carbocycles. The molecule has 7 heterocycles. The standard InChI is InChI=1S/C45H43N9O2S4/c1-23-18-34(28(6)57-23)36-21-55-54-43(47-36)41-25(3)27(5)50-52-45(41)60-39-17-11-14-31(46-39)19-32-20-35(29(7)58-32)37-22-56-53-42(48-37)40-24(2)26(4)49-51-44(40)59-38-16-10-13-30-12-8-9-15-33(30)38/h8-18,20,36-37H,19,21-22H2,1-7H3,(H,47,54)(H,48,53)/t36-,37-/m1/s1. The van der Waals surface area contributed by atoms with Crippen molar-refractivity contribution in [2.45, 2.75) is 86.9 Å². The van der Waals surface area contributed by atoms with E-state index in [1.165, 1.54) is 47.6 Å². The Morgan fingerprint density at radius 3 is 1.92 bits per heavy atom. The van der Waals surface area contributed by atoms with Crippen molar-refractivity contribution in [1.29, 1.82) is 0 Å². The summed E-state index contributed by atoms with van der Waals surface area (Å²) in [5.74, 6) is 1.31. The summed E-state index contributed by atoms with van der Waals surface area (Å²) in [6.45, 7) is 15.4. The second-order valence-corrected chi connectivity index (χ2v) is 19.8. The summed E-state index contributed by atoms with van der Waals surface area (Å²) >= 11 is 6.64. The maximum Gasteiger partial charge on any atom is 0.156 e. The van der Waals surface area contributed by atoms with Gasteiger partial charge in [-0.3, -0.25) is 19.7 Å². The third-order valence-electron chi connectivity index (χ3n) is 10.8. The Labute approximate surface area is 365 Å². The van der Waals surface area contributed by atoms with Gasteiger partial charge >= 0.3 is 0 Å². The van der Waals surface area contributed by atoms with Crippen molar-refractivity contribution in [1.82, 2.24) is 36.3 Å². The van der Waals surface area contributed by atoms with E-state index in [4.69, 9.17) is 24.6 Å². The molecule has 2 aromatic carbocycles. The third kappa shape index (κ3) is 8.21. The number of aryl methyl sites for hydroxylation is 5. The molecule has 0 amide bonds. The van der Waals surface area contributed by atoms with Crippen molar-refractivity contribution < 1.29 is 9.68 Å². The van der Waals surface area contributed by atoms with Crippen LogP contribution >= 0.6 is 46.2 Å². The highest BCUT2D eigenvalue weighted by Crippen LogP contribution is 2.38. The molecule has 2 aliphatic rings. The van der Waals surface area contributed by atoms with Crippen molar-refractivity contribution in [2.75, 3.05) is 13.2 Å². The molecule has 0 aliphatic carbocycles. The molecule has 0 spiro atoms. The van der Waals surface area contributed by atoms with E-state index in [0.29, 0.717) is 31.3 Å². The number of nitrogens with one attached hydrogen (secondary N) is 2. The van der Waals surface area contributed by atoms with Gasteiger partial charge in [0.25, 0.3) is 0 Å². The molecular formula is C45H43N9O2S4. The number of hydroxylamine groups is 2. The summed E-state index contributed by atoms with van der Waals surface area (Å²) in [5, 5.41) is 23.0. The Hall–Kier alpha value is -5.03. The highest BCUT2D eigenvalue weighted by atomic mass is 32.2. The molecule has 9 rings (SSSR count). The van der Waals surface area contributed by atoms with Crippen LogP contribution in [0.25, 0.3) is 10.8 Å². The van der Waals surface area contributed by atoms with Crippen molar-refractivity contribution in [3.8, 4) is 0 Å². The van der Waals surface area contributed by atoms with Crippen LogP contribution in [-0.4, -0.2) is 50.3 Å². The van der Waals surface area contributed by atoms with Gasteiger partial charge in [0.2, 0.25) is 0 Å². The lowest BCUT2D eigenvalue weighted by molar-refractivity contribution is 0.0620. The number of fused-ring (bicyclic) bond motifs is 1. The summed E-state index contributed by atoms with van der Waals surface area (Å²) in [4.78, 5) is 33.5. The van der Waals surface area contributed by atoms with E-state index in [-0.39, 0.29) is 12.1 Å². The number of amidine groups is 2. The molecule has 2 atom stereocenters. The van der Waals surface area contributed by atoms with Gasteiger partial charge < -0.3 is 0 Å². The van der Waals surface area contributed by atoms with E-state index in [0.717, 1.165) is 64.9 Å². The zero-order chi connectivity index (χ0) is 41.5. The Kier molecular flexibility index (Phi) is 11.5. The second kappa shape index (κ2) is 17.1. The Morgan fingerprint density at radius 1 is 0.650 bits per heavy atom. The van der Waals surface area contributed by atoms with Gasteiger partial charge in [0.15, 0.2) is 11.7 Å². The molecule has 0 radical (unpaired) electrons. The zero-order valence-electron chi connectivity index (χ0n) is 34.3. The summed E-state index contributed by atoms with van der Waals surface area (Å²) in [5.41, 5.74) is 15.0. The predicted molar refractivity (Wildman–Crippen MR) is 242 cm³/mol. The molecule has 0 fully saturated rings. The predicted octanol–water partition coefficient (Wildman–Crippen LogP) is 10.0. The number of thiophene rings is 2. The van der Waals surface area contributed by atoms with Crippen LogP contribution in [0.1, 0.15) is 82.1 Å². The molecule has 7 aromatic rings. The highest BCUT2D eigenvalue weighted by Gasteiger charge is 2.28. The first-order chi connectivity index (χ1) is 29.1. The lowest BCUT2D eigenvalue weighted by Crippen LogP contribution is -2.34. The number of nitrogens with zero attached hydrogens (tertiary/aromatic N) is 7. The normalized spacial score (nSPS) is 16.6. The molecule has 60 heavy (non-hydrogen) atoms. The molecule has 15 heteroatoms. The smallest absolute Gasteiger partial charge is 0.156 e. The van der Waals surface area contributed by atoms with Crippen molar-refractivity contribution in [3.05, 3.63) is 143 Å². The number of pyridine rings is 1. The summed E-state index contributed by atoms with van der Waals surface area (Å²) < 4.78 is 0. The van der Waals surface area contributed by atoms with Crippen molar-refractivity contribution in [2.24, 2.45) is 9.98 Å². The lowest BCUT2D eigenvalue weighted by Gasteiger charge is -2.24. The highest BCUT2D eigenvalue weighted by molar-refractivity contribution is 7.99. The lowest BCUT2D eigenvalue weighted by atomic mass is 10.1. The van der Waals surface area contributed by atoms with Crippen LogP contribution in [0.4, 0.5) is 0 Å². The molecule has 11 nitrogen and oxygen atoms in total. The van der Waals surface area contributed by atoms with E-state index >= 15 is 0 Å². The van der Waals surface area contributed by atoms with E-state index in [2.05, 4.69) is 133 Å². The Balaban J connectivity index is 0.960. The number of hydrogen-bond acceptors (Lipinski definition) is 15. The maximum atomic E-state index is 6.05. The molecule has 5 aromatic heterocycles. The fourth-order valence-electron chi connectivity index (χ4n) is 7.48. The van der Waals surface area contributed by atoms with Crippen LogP contribution in [0.15, 0.2) is 103 Å². The van der Waals surface area contributed by atoms with Gasteiger partial charge in [-0.1, -0.05) is 54.2 Å². The second-order valence-electron chi connectivity index (χ2n) is 14.9. The largest absolute Gasteiger partial charge is 0.272 e. The average Bonchev–Trinajstić information content (AvgIpc) is 3.80. The fourth-order valence-corrected chi connectivity index (χ4v) is 11.6. The number of rotatable bonds is 10. The van der Waals surface area contributed by atoms with Crippen LogP contribution in [0.5, 0.6) is 0 Å². The number of aliphatic imine (C=N–C) groups is 2. The van der Waals surface area contributed by atoms with Crippen LogP contribution < -0.4 is 11.0 Å². The minimum atomic E-state index is -0.196. The van der Waals surface area contributed by atoms with E-state index in [1.54, 1.807) is 34.4 Å². The van der Waals surface area contributed by atoms with E-state index in [1.807, 2.05) is 19.9 Å². The van der Waals surface area contributed by atoms with E-state index < -0.39 is 0 Å². The maximum absolute atomic E-state index is 6.05. The Bertz CT molecular complexity index is 2830. The van der Waals surface area contributed by atoms with Gasteiger partial charge in [-0.05, 0) is 124 Å². The van der Waals surface area contributed by atoms with Crippen LogP contribution in [0.3, 0.4) is 0 Å². The first-order valence-corrected chi connectivity index (χ1v) is 22.9. The topological polar surface area (TPSA) is 132 Å². The first kappa shape index (κ1) is 40.4. The quantitative estimate of drug-likeness (QED) is 0.136. The molecular weight excluding hydrogens is 827 g/mol. The van der Waals surface area contributed by atoms with E-state index in [9.17, 15) is 0 Å². The third-order valence-corrected chi connectivity index (χ3v) is 14.8. The number of benzene rings is 2. The number of aromatic nitrogens is 5. The zero-order valence-corrected chi connectivity index (χ0v) is 37.6. The van der Waals surface area contributed by atoms with Crippen molar-refractivity contribution in [3.63, 3.8) is 0 Å². The summed E-state index contributed by atoms with van der Waals surface area (Å²) in [6.07, 6.45) is 0.676. The Morgan fingerprint density at radius 2 is 1.25 bits per heavy atom. The molecule has 2 aliphatic heterocycles. The fraction of sp³-hybridized carbons (Fsp3) is 0.267. The van der Waals surface area contributed by atoms with Gasteiger partial charge in [0.05, 0.1) is 22.5 Å². The molecule has 0 bridgehead atoms. The van der Waals surface area contributed by atoms with Gasteiger partial charge in [0, 0.05) is 36.5 Å². The molecule has 304 valence electrons. The monoisotopic (exact) mass is 869 g/mol. The molecule has 0 saturated heterocycles. The van der Waals surface area contributed by atoms with Gasteiger partial charge in [-0.2, -0.15) is 10.2 Å². The van der Waals surface area contributed by atoms with Crippen LogP contribution in [0, 0.1) is 48.5 Å². The minimum absolute atomic E-state index is 0.107. The minimum Gasteiger partial charge on any atom is -0.272 e. The number of hydrogen-bond donors (Lipinski definition) is 2. The average molecular weight is 870 g/mol. The first-order valence-electron chi connectivity index (χ1n) is 19.6. The van der Waals surface area contributed by atoms with Gasteiger partial charge in [0.1, 0.15) is 40.4 Å². The molecule has 2 N–H and O–H groups in total. The van der Waals surface area contributed by atoms with Crippen LogP contribution in [0.2, 0.25) is 0 Å².